The van der Waals surface area contributed by atoms with Crippen LogP contribution in [0.4, 0.5) is 4.39 Å². The Bertz CT molecular complexity index is 453. The fourth-order valence-electron chi connectivity index (χ4n) is 1.40. The first kappa shape index (κ1) is 13.7. The van der Waals surface area contributed by atoms with Gasteiger partial charge in [-0.15, -0.1) is 6.42 Å². The summed E-state index contributed by atoms with van der Waals surface area (Å²) in [6, 6.07) is 3.63. The number of terminal acetylenes is 1. The molecule has 0 fully saturated rings. The molecule has 1 unspecified atom stereocenters. The van der Waals surface area contributed by atoms with Crippen LogP contribution in [0.3, 0.4) is 0 Å². The Morgan fingerprint density at radius 1 is 1.65 bits per heavy atom. The number of carbonyl (C=O) groups excluding carboxylic acids is 1. The normalized spacial score (nSPS) is 11.6. The molecule has 0 heterocycles. The molecule has 0 saturated carbocycles. The number of rotatable bonds is 4. The van der Waals surface area contributed by atoms with Crippen LogP contribution >= 0.6 is 15.9 Å². The van der Waals surface area contributed by atoms with Gasteiger partial charge in [-0.1, -0.05) is 19.3 Å². The molecule has 4 heteroatoms. The van der Waals surface area contributed by atoms with E-state index in [-0.39, 0.29) is 11.9 Å². The maximum absolute atomic E-state index is 12.9. The van der Waals surface area contributed by atoms with E-state index in [0.717, 1.165) is 12.8 Å². The van der Waals surface area contributed by atoms with Crippen LogP contribution in [0, 0.1) is 18.2 Å². The molecule has 0 aliphatic carbocycles. The number of carbonyl (C=O) groups is 1. The Labute approximate surface area is 109 Å². The van der Waals surface area contributed by atoms with Crippen LogP contribution in [0.25, 0.3) is 0 Å². The van der Waals surface area contributed by atoms with E-state index >= 15 is 0 Å². The molecule has 1 atom stereocenters. The minimum absolute atomic E-state index is 0.288. The second kappa shape index (κ2) is 6.41. The predicted octanol–water partition coefficient (Wildman–Crippen LogP) is 3.12. The standard InChI is InChI=1S/C13H13BrFNO/c1-3-5-10(4-2)16-13(17)11-7-6-9(15)8-12(11)14/h2,6-8,10H,3,5H2,1H3,(H,16,17). The summed E-state index contributed by atoms with van der Waals surface area (Å²) in [5.74, 6) is 1.82. The average molecular weight is 298 g/mol. The van der Waals surface area contributed by atoms with Gasteiger partial charge in [0.15, 0.2) is 0 Å². The van der Waals surface area contributed by atoms with E-state index in [2.05, 4.69) is 27.2 Å². The van der Waals surface area contributed by atoms with Gasteiger partial charge in [-0.2, -0.15) is 0 Å². The maximum Gasteiger partial charge on any atom is 0.253 e. The summed E-state index contributed by atoms with van der Waals surface area (Å²) in [6.45, 7) is 1.99. The molecule has 0 aliphatic heterocycles. The molecule has 90 valence electrons. The lowest BCUT2D eigenvalue weighted by atomic mass is 10.1. The van der Waals surface area contributed by atoms with Crippen molar-refractivity contribution in [1.82, 2.24) is 5.32 Å². The Hall–Kier alpha value is -1.34. The van der Waals surface area contributed by atoms with Gasteiger partial charge in [0.1, 0.15) is 5.82 Å². The van der Waals surface area contributed by atoms with Crippen molar-refractivity contribution < 1.29 is 9.18 Å². The molecule has 0 bridgehead atoms. The van der Waals surface area contributed by atoms with E-state index in [4.69, 9.17) is 6.42 Å². The zero-order chi connectivity index (χ0) is 12.8. The SMILES string of the molecule is C#CC(CCC)NC(=O)c1ccc(F)cc1Br. The van der Waals surface area contributed by atoms with Crippen LogP contribution in [0.15, 0.2) is 22.7 Å². The molecular weight excluding hydrogens is 285 g/mol. The van der Waals surface area contributed by atoms with Crippen LogP contribution in [0.1, 0.15) is 30.1 Å². The van der Waals surface area contributed by atoms with Crippen LogP contribution in [-0.2, 0) is 0 Å². The van der Waals surface area contributed by atoms with Gasteiger partial charge >= 0.3 is 0 Å². The highest BCUT2D eigenvalue weighted by Gasteiger charge is 2.13. The summed E-state index contributed by atoms with van der Waals surface area (Å²) in [5, 5.41) is 2.72. The van der Waals surface area contributed by atoms with Crippen molar-refractivity contribution in [2.45, 2.75) is 25.8 Å². The van der Waals surface area contributed by atoms with Gasteiger partial charge in [0.2, 0.25) is 0 Å². The summed E-state index contributed by atoms with van der Waals surface area (Å²) >= 11 is 3.15. The molecule has 17 heavy (non-hydrogen) atoms. The topological polar surface area (TPSA) is 29.1 Å². The van der Waals surface area contributed by atoms with E-state index in [1.807, 2.05) is 6.92 Å². The van der Waals surface area contributed by atoms with Gasteiger partial charge in [-0.25, -0.2) is 4.39 Å². The fraction of sp³-hybridized carbons (Fsp3) is 0.308. The lowest BCUT2D eigenvalue weighted by Gasteiger charge is -2.12. The van der Waals surface area contributed by atoms with Gasteiger partial charge in [-0.3, -0.25) is 4.79 Å². The number of benzene rings is 1. The van der Waals surface area contributed by atoms with Crippen molar-refractivity contribution in [2.75, 3.05) is 0 Å². The lowest BCUT2D eigenvalue weighted by Crippen LogP contribution is -2.33. The van der Waals surface area contributed by atoms with Gasteiger partial charge in [-0.05, 0) is 40.5 Å². The van der Waals surface area contributed by atoms with Gasteiger partial charge in [0, 0.05) is 4.47 Å². The summed E-state index contributed by atoms with van der Waals surface area (Å²) in [5.41, 5.74) is 0.378. The third kappa shape index (κ3) is 3.86. The maximum atomic E-state index is 12.9. The minimum atomic E-state index is -0.393. The largest absolute Gasteiger partial charge is 0.338 e. The summed E-state index contributed by atoms with van der Waals surface area (Å²) in [7, 11) is 0. The monoisotopic (exact) mass is 297 g/mol. The smallest absolute Gasteiger partial charge is 0.253 e. The van der Waals surface area contributed by atoms with Crippen molar-refractivity contribution in [3.8, 4) is 12.3 Å². The second-order valence-electron chi connectivity index (χ2n) is 3.61. The number of amides is 1. The first-order valence-corrected chi connectivity index (χ1v) is 6.09. The minimum Gasteiger partial charge on any atom is -0.338 e. The van der Waals surface area contributed by atoms with Crippen molar-refractivity contribution >= 4 is 21.8 Å². The summed E-state index contributed by atoms with van der Waals surface area (Å²) in [6.07, 6.45) is 6.92. The fourth-order valence-corrected chi connectivity index (χ4v) is 1.93. The zero-order valence-electron chi connectivity index (χ0n) is 9.47. The van der Waals surface area contributed by atoms with E-state index in [1.165, 1.54) is 18.2 Å². The molecule has 0 radical (unpaired) electrons. The zero-order valence-corrected chi connectivity index (χ0v) is 11.1. The molecule has 1 amide bonds. The first-order chi connectivity index (χ1) is 8.08. The van der Waals surface area contributed by atoms with Crippen LogP contribution < -0.4 is 5.32 Å². The molecule has 1 aromatic rings. The molecule has 1 rings (SSSR count). The highest BCUT2D eigenvalue weighted by molar-refractivity contribution is 9.10. The van der Waals surface area contributed by atoms with Crippen molar-refractivity contribution in [2.24, 2.45) is 0 Å². The summed E-state index contributed by atoms with van der Waals surface area (Å²) < 4.78 is 13.3. The van der Waals surface area contributed by atoms with E-state index in [9.17, 15) is 9.18 Å². The highest BCUT2D eigenvalue weighted by Crippen LogP contribution is 2.18. The van der Waals surface area contributed by atoms with E-state index < -0.39 is 5.82 Å². The Kier molecular flexibility index (Phi) is 5.17. The number of hydrogen-bond acceptors (Lipinski definition) is 1. The molecular formula is C13H13BrFNO. The quantitative estimate of drug-likeness (QED) is 0.850. The van der Waals surface area contributed by atoms with E-state index in [1.54, 1.807) is 0 Å². The third-order valence-corrected chi connectivity index (χ3v) is 2.92. The molecule has 1 N–H and O–H groups in total. The van der Waals surface area contributed by atoms with Crippen LogP contribution in [-0.4, -0.2) is 11.9 Å². The molecule has 0 aromatic heterocycles. The Balaban J connectivity index is 2.79. The Morgan fingerprint density at radius 2 is 2.35 bits per heavy atom. The highest BCUT2D eigenvalue weighted by atomic mass is 79.9. The van der Waals surface area contributed by atoms with Gasteiger partial charge in [0.25, 0.3) is 5.91 Å². The number of nitrogens with one attached hydrogen (secondary N) is 1. The average Bonchev–Trinajstić information content (AvgIpc) is 2.28. The predicted molar refractivity (Wildman–Crippen MR) is 69.1 cm³/mol. The molecule has 1 aromatic carbocycles. The van der Waals surface area contributed by atoms with Crippen molar-refractivity contribution in [1.29, 1.82) is 0 Å². The first-order valence-electron chi connectivity index (χ1n) is 5.30. The van der Waals surface area contributed by atoms with Crippen molar-refractivity contribution in [3.05, 3.63) is 34.1 Å². The van der Waals surface area contributed by atoms with Crippen LogP contribution in [0.2, 0.25) is 0 Å². The Morgan fingerprint density at radius 3 is 2.88 bits per heavy atom. The lowest BCUT2D eigenvalue weighted by molar-refractivity contribution is 0.0943. The third-order valence-electron chi connectivity index (χ3n) is 2.26. The van der Waals surface area contributed by atoms with Gasteiger partial charge in [0.05, 0.1) is 11.6 Å². The molecule has 2 nitrogen and oxygen atoms in total. The molecule has 0 saturated heterocycles. The number of hydrogen-bond donors (Lipinski definition) is 1. The van der Waals surface area contributed by atoms with E-state index in [0.29, 0.717) is 10.0 Å². The van der Waals surface area contributed by atoms with Crippen molar-refractivity contribution in [3.63, 3.8) is 0 Å². The molecule has 0 spiro atoms. The summed E-state index contributed by atoms with van der Waals surface area (Å²) in [4.78, 5) is 11.9. The van der Waals surface area contributed by atoms with Crippen LogP contribution in [0.5, 0.6) is 0 Å². The number of halogens is 2. The molecule has 0 aliphatic rings. The second-order valence-corrected chi connectivity index (χ2v) is 4.46. The van der Waals surface area contributed by atoms with Gasteiger partial charge < -0.3 is 5.32 Å².